The van der Waals surface area contributed by atoms with Crippen LogP contribution in [0.25, 0.3) is 11.1 Å². The van der Waals surface area contributed by atoms with Gasteiger partial charge >= 0.3 is 12.1 Å². The van der Waals surface area contributed by atoms with Crippen LogP contribution in [0.15, 0.2) is 66.7 Å². The van der Waals surface area contributed by atoms with Gasteiger partial charge in [-0.05, 0) is 81.2 Å². The number of amides is 1. The van der Waals surface area contributed by atoms with Gasteiger partial charge in [-0.25, -0.2) is 14.6 Å². The van der Waals surface area contributed by atoms with E-state index in [9.17, 15) is 9.59 Å². The summed E-state index contributed by atoms with van der Waals surface area (Å²) in [6.45, 7) is 19.4. The van der Waals surface area contributed by atoms with Gasteiger partial charge < -0.3 is 24.1 Å². The van der Waals surface area contributed by atoms with Gasteiger partial charge in [-0.2, -0.15) is 0 Å². The molecule has 45 heavy (non-hydrogen) atoms. The highest BCUT2D eigenvalue weighted by atomic mass is 35.5. The largest absolute Gasteiger partial charge is 0.461 e. The third-order valence-corrected chi connectivity index (χ3v) is 12.4. The normalized spacial score (nSPS) is 12.8. The average molecular weight is 654 g/mol. The Morgan fingerprint density at radius 1 is 0.978 bits per heavy atom. The molecule has 10 heteroatoms. The van der Waals surface area contributed by atoms with Crippen LogP contribution in [-0.4, -0.2) is 62.1 Å². The fourth-order valence-corrected chi connectivity index (χ4v) is 5.79. The number of pyridine rings is 1. The molecule has 0 bridgehead atoms. The minimum absolute atomic E-state index is 0.0453. The van der Waals surface area contributed by atoms with Crippen LogP contribution >= 0.6 is 11.6 Å². The number of benzene rings is 2. The lowest BCUT2D eigenvalue weighted by Gasteiger charge is -2.40. The SMILES string of the molecule is CCOC(=O)c1nc(NCCN(C[C@H](O[Si](C)(C)C(C)(C)C)c2cccc(Cl)c2)C(=O)OC(C)(C)C)ccc1-c1ccccc1. The molecule has 0 fully saturated rings. The first-order valence-electron chi connectivity index (χ1n) is 15.4. The maximum atomic E-state index is 13.5. The van der Waals surface area contributed by atoms with Gasteiger partial charge in [0.1, 0.15) is 11.4 Å². The molecule has 8 nitrogen and oxygen atoms in total. The number of anilines is 1. The molecule has 0 radical (unpaired) electrons. The maximum absolute atomic E-state index is 13.5. The summed E-state index contributed by atoms with van der Waals surface area (Å²) >= 11 is 6.39. The van der Waals surface area contributed by atoms with E-state index in [2.05, 4.69) is 44.2 Å². The Morgan fingerprint density at radius 3 is 2.27 bits per heavy atom. The zero-order chi connectivity index (χ0) is 33.4. The first-order valence-corrected chi connectivity index (χ1v) is 18.7. The predicted molar refractivity (Wildman–Crippen MR) is 184 cm³/mol. The number of hydrogen-bond donors (Lipinski definition) is 1. The smallest absolute Gasteiger partial charge is 0.410 e. The molecule has 2 aromatic carbocycles. The van der Waals surface area contributed by atoms with Crippen LogP contribution in [-0.2, 0) is 13.9 Å². The Balaban J connectivity index is 1.89. The highest BCUT2D eigenvalue weighted by molar-refractivity contribution is 6.74. The number of hydrogen-bond acceptors (Lipinski definition) is 7. The molecule has 0 aliphatic carbocycles. The molecular formula is C35H48ClN3O5Si. The Labute approximate surface area is 274 Å². The molecule has 0 spiro atoms. The topological polar surface area (TPSA) is 90.0 Å². The van der Waals surface area contributed by atoms with Crippen LogP contribution in [0.1, 0.15) is 70.6 Å². The Kier molecular flexibility index (Phi) is 12.2. The Bertz CT molecular complexity index is 1440. The van der Waals surface area contributed by atoms with E-state index in [0.29, 0.717) is 29.5 Å². The third kappa shape index (κ3) is 10.6. The summed E-state index contributed by atoms with van der Waals surface area (Å²) in [5.41, 5.74) is 1.98. The zero-order valence-corrected chi connectivity index (χ0v) is 29.8. The molecular weight excluding hydrogens is 606 g/mol. The van der Waals surface area contributed by atoms with Crippen molar-refractivity contribution in [2.75, 3.05) is 31.6 Å². The summed E-state index contributed by atoms with van der Waals surface area (Å²) in [7, 11) is -2.25. The molecule has 1 amide bonds. The molecule has 1 N–H and O–H groups in total. The molecule has 244 valence electrons. The fourth-order valence-electron chi connectivity index (χ4n) is 4.32. The molecule has 1 aromatic heterocycles. The van der Waals surface area contributed by atoms with Crippen LogP contribution < -0.4 is 5.32 Å². The number of carbonyl (C=O) groups is 2. The lowest BCUT2D eigenvalue weighted by molar-refractivity contribution is 0.0165. The van der Waals surface area contributed by atoms with E-state index in [1.54, 1.807) is 11.8 Å². The number of nitrogens with one attached hydrogen (secondary N) is 1. The number of esters is 1. The monoisotopic (exact) mass is 653 g/mol. The molecule has 3 aromatic rings. The summed E-state index contributed by atoms with van der Waals surface area (Å²) in [6, 6.07) is 20.8. The second-order valence-corrected chi connectivity index (χ2v) is 18.6. The summed E-state index contributed by atoms with van der Waals surface area (Å²) in [5.74, 6) is -0.00619. The number of ether oxygens (including phenoxy) is 2. The van der Waals surface area contributed by atoms with Crippen LogP contribution in [0.2, 0.25) is 23.2 Å². The lowest BCUT2D eigenvalue weighted by Crippen LogP contribution is -2.46. The van der Waals surface area contributed by atoms with E-state index >= 15 is 0 Å². The zero-order valence-electron chi connectivity index (χ0n) is 28.1. The van der Waals surface area contributed by atoms with E-state index in [4.69, 9.17) is 25.5 Å². The fraction of sp³-hybridized carbons (Fsp3) is 0.457. The number of rotatable bonds is 12. The minimum Gasteiger partial charge on any atom is -0.461 e. The summed E-state index contributed by atoms with van der Waals surface area (Å²) in [6.07, 6.45) is -0.870. The quantitative estimate of drug-likeness (QED) is 0.154. The van der Waals surface area contributed by atoms with E-state index < -0.39 is 32.1 Å². The minimum atomic E-state index is -2.25. The van der Waals surface area contributed by atoms with Crippen molar-refractivity contribution in [2.45, 2.75) is 78.3 Å². The van der Waals surface area contributed by atoms with Crippen molar-refractivity contribution >= 4 is 37.8 Å². The van der Waals surface area contributed by atoms with E-state index in [-0.39, 0.29) is 23.9 Å². The van der Waals surface area contributed by atoms with E-state index in [1.807, 2.05) is 87.5 Å². The van der Waals surface area contributed by atoms with Crippen molar-refractivity contribution in [2.24, 2.45) is 0 Å². The van der Waals surface area contributed by atoms with Gasteiger partial charge in [0, 0.05) is 23.7 Å². The van der Waals surface area contributed by atoms with Crippen molar-refractivity contribution in [3.63, 3.8) is 0 Å². The highest BCUT2D eigenvalue weighted by Crippen LogP contribution is 2.40. The second-order valence-electron chi connectivity index (χ2n) is 13.5. The number of carbonyl (C=O) groups excluding carboxylic acids is 2. The van der Waals surface area contributed by atoms with Crippen molar-refractivity contribution in [1.29, 1.82) is 0 Å². The first-order chi connectivity index (χ1) is 21.0. The van der Waals surface area contributed by atoms with Crippen molar-refractivity contribution in [3.8, 4) is 11.1 Å². The van der Waals surface area contributed by atoms with E-state index in [1.165, 1.54) is 0 Å². The van der Waals surface area contributed by atoms with Gasteiger partial charge in [0.25, 0.3) is 0 Å². The van der Waals surface area contributed by atoms with Gasteiger partial charge in [-0.1, -0.05) is 74.8 Å². The van der Waals surface area contributed by atoms with Crippen LogP contribution in [0.4, 0.5) is 10.6 Å². The maximum Gasteiger partial charge on any atom is 0.410 e. The molecule has 0 aliphatic rings. The van der Waals surface area contributed by atoms with Crippen LogP contribution in [0, 0.1) is 0 Å². The van der Waals surface area contributed by atoms with Crippen LogP contribution in [0.5, 0.6) is 0 Å². The predicted octanol–water partition coefficient (Wildman–Crippen LogP) is 8.99. The number of halogens is 1. The van der Waals surface area contributed by atoms with Gasteiger partial charge in [0.15, 0.2) is 14.0 Å². The molecule has 3 rings (SSSR count). The van der Waals surface area contributed by atoms with Gasteiger partial charge in [-0.15, -0.1) is 0 Å². The molecule has 1 heterocycles. The highest BCUT2D eigenvalue weighted by Gasteiger charge is 2.40. The standard InChI is InChI=1S/C35H48ClN3O5Si/c1-10-42-32(40)31-28(25-15-12-11-13-16-25)19-20-30(38-31)37-21-22-39(33(41)43-34(2,3)4)24-29(26-17-14-18-27(36)23-26)44-45(8,9)35(5,6)7/h11-20,23,29H,10,21-22,24H2,1-9H3,(H,37,38)/t29-/m0/s1. The van der Waals surface area contributed by atoms with Crippen molar-refractivity contribution in [1.82, 2.24) is 9.88 Å². The second kappa shape index (κ2) is 15.3. The lowest BCUT2D eigenvalue weighted by atomic mass is 10.0. The van der Waals surface area contributed by atoms with Crippen LogP contribution in [0.3, 0.4) is 0 Å². The van der Waals surface area contributed by atoms with E-state index in [0.717, 1.165) is 11.1 Å². The summed E-state index contributed by atoms with van der Waals surface area (Å²) in [5, 5.41) is 3.84. The van der Waals surface area contributed by atoms with Crippen molar-refractivity contribution < 1.29 is 23.5 Å². The van der Waals surface area contributed by atoms with Gasteiger partial charge in [-0.3, -0.25) is 0 Å². The Morgan fingerprint density at radius 2 is 1.67 bits per heavy atom. The first kappa shape index (κ1) is 36.1. The average Bonchev–Trinajstić information content (AvgIpc) is 2.95. The molecule has 0 saturated carbocycles. The number of aromatic nitrogens is 1. The third-order valence-electron chi connectivity index (χ3n) is 7.64. The number of nitrogens with zero attached hydrogens (tertiary/aromatic N) is 2. The molecule has 0 aliphatic heterocycles. The van der Waals surface area contributed by atoms with Gasteiger partial charge in [0.05, 0.1) is 19.3 Å². The molecule has 1 atom stereocenters. The summed E-state index contributed by atoms with van der Waals surface area (Å²) < 4.78 is 18.0. The molecule has 0 unspecified atom stereocenters. The summed E-state index contributed by atoms with van der Waals surface area (Å²) in [4.78, 5) is 32.7. The molecule has 0 saturated heterocycles. The van der Waals surface area contributed by atoms with Gasteiger partial charge in [0.2, 0.25) is 0 Å². The Hall–Kier alpha value is -3.40. The van der Waals surface area contributed by atoms with Crippen molar-refractivity contribution in [3.05, 3.63) is 83.0 Å².